The number of hydrogen-bond donors (Lipinski definition) is 3. The molecule has 0 bridgehead atoms. The molecule has 0 saturated carbocycles. The number of hydrogen-bond acceptors (Lipinski definition) is 6. The quantitative estimate of drug-likeness (QED) is 0.471. The Bertz CT molecular complexity index is 670. The molecule has 0 radical (unpaired) electrons. The predicted octanol–water partition coefficient (Wildman–Crippen LogP) is 1.98. The number of aliphatic hydroxyl groups is 1. The van der Waals surface area contributed by atoms with E-state index in [1.54, 1.807) is 24.3 Å². The van der Waals surface area contributed by atoms with E-state index in [2.05, 4.69) is 5.32 Å². The molecule has 8 heteroatoms. The Labute approximate surface area is 164 Å². The molecular weight excluding hydrogens is 374 g/mol. The maximum atomic E-state index is 10.6. The molecule has 1 unspecified atom stereocenters. The number of carbonyl (C=O) groups is 1. The van der Waals surface area contributed by atoms with Crippen molar-refractivity contribution in [2.75, 3.05) is 32.9 Å². The lowest BCUT2D eigenvalue weighted by atomic mass is 10.3. The fourth-order valence-corrected chi connectivity index (χ4v) is 2.10. The normalized spacial score (nSPS) is 11.1. The van der Waals surface area contributed by atoms with Crippen LogP contribution in [-0.4, -0.2) is 55.2 Å². The molecule has 3 N–H and O–H groups in total. The van der Waals surface area contributed by atoms with Crippen LogP contribution in [0.5, 0.6) is 17.2 Å². The van der Waals surface area contributed by atoms with Gasteiger partial charge in [0.05, 0.1) is 0 Å². The van der Waals surface area contributed by atoms with E-state index in [1.807, 2.05) is 30.3 Å². The van der Waals surface area contributed by atoms with Gasteiger partial charge in [-0.2, -0.15) is 0 Å². The highest BCUT2D eigenvalue weighted by Crippen LogP contribution is 2.26. The zero-order valence-electron chi connectivity index (χ0n) is 14.7. The summed E-state index contributed by atoms with van der Waals surface area (Å²) in [7, 11) is 0. The minimum absolute atomic E-state index is 0. The summed E-state index contributed by atoms with van der Waals surface area (Å²) < 4.78 is 16.2. The van der Waals surface area contributed by atoms with E-state index < -0.39 is 18.7 Å². The largest absolute Gasteiger partial charge is 0.491 e. The SMILES string of the molecule is Cl.O=C(O)COc1ccccc1OCCNCC(O)COc1ccccc1. The molecule has 148 valence electrons. The Morgan fingerprint density at radius 3 is 2.26 bits per heavy atom. The number of ether oxygens (including phenoxy) is 3. The van der Waals surface area contributed by atoms with E-state index in [0.29, 0.717) is 36.9 Å². The summed E-state index contributed by atoms with van der Waals surface area (Å²) in [6, 6.07) is 16.2. The van der Waals surface area contributed by atoms with Crippen LogP contribution in [0.4, 0.5) is 0 Å². The number of halogens is 1. The van der Waals surface area contributed by atoms with Gasteiger partial charge in [-0.3, -0.25) is 0 Å². The molecule has 2 rings (SSSR count). The molecule has 0 amide bonds. The standard InChI is InChI=1S/C19H23NO6.ClH/c21-15(13-25-16-6-2-1-3-7-16)12-20-10-11-24-17-8-4-5-9-18(17)26-14-19(22)23;/h1-9,15,20-21H,10-14H2,(H,22,23);1H. The molecule has 0 aliphatic rings. The number of carboxylic acids is 1. The van der Waals surface area contributed by atoms with Crippen LogP contribution in [0, 0.1) is 0 Å². The third-order valence-electron chi connectivity index (χ3n) is 3.30. The van der Waals surface area contributed by atoms with Crippen molar-refractivity contribution in [2.45, 2.75) is 6.10 Å². The van der Waals surface area contributed by atoms with Gasteiger partial charge >= 0.3 is 5.97 Å². The van der Waals surface area contributed by atoms with Crippen molar-refractivity contribution >= 4 is 18.4 Å². The molecule has 0 aromatic heterocycles. The maximum Gasteiger partial charge on any atom is 0.341 e. The first-order valence-electron chi connectivity index (χ1n) is 8.28. The lowest BCUT2D eigenvalue weighted by Crippen LogP contribution is -2.33. The molecular formula is C19H24ClNO6. The van der Waals surface area contributed by atoms with Crippen molar-refractivity contribution in [3.05, 3.63) is 54.6 Å². The molecule has 0 heterocycles. The van der Waals surface area contributed by atoms with Crippen molar-refractivity contribution in [3.63, 3.8) is 0 Å². The number of aliphatic carboxylic acids is 1. The van der Waals surface area contributed by atoms with E-state index in [-0.39, 0.29) is 19.0 Å². The van der Waals surface area contributed by atoms with Crippen molar-refractivity contribution in [1.29, 1.82) is 0 Å². The molecule has 0 spiro atoms. The average Bonchev–Trinajstić information content (AvgIpc) is 2.66. The summed E-state index contributed by atoms with van der Waals surface area (Å²) in [5.74, 6) is 0.524. The number of rotatable bonds is 12. The molecule has 2 aromatic carbocycles. The van der Waals surface area contributed by atoms with Crippen LogP contribution < -0.4 is 19.5 Å². The van der Waals surface area contributed by atoms with Crippen LogP contribution in [-0.2, 0) is 4.79 Å². The van der Waals surface area contributed by atoms with Gasteiger partial charge in [0, 0.05) is 13.1 Å². The number of nitrogens with one attached hydrogen (secondary N) is 1. The van der Waals surface area contributed by atoms with Crippen molar-refractivity contribution in [1.82, 2.24) is 5.32 Å². The summed E-state index contributed by atoms with van der Waals surface area (Å²) >= 11 is 0. The molecule has 0 saturated heterocycles. The summed E-state index contributed by atoms with van der Waals surface area (Å²) in [6.07, 6.45) is -0.638. The highest BCUT2D eigenvalue weighted by atomic mass is 35.5. The minimum Gasteiger partial charge on any atom is -0.491 e. The van der Waals surface area contributed by atoms with Gasteiger partial charge in [-0.05, 0) is 24.3 Å². The topological polar surface area (TPSA) is 97.3 Å². The van der Waals surface area contributed by atoms with Gasteiger partial charge < -0.3 is 29.7 Å². The minimum atomic E-state index is -1.05. The second-order valence-electron chi connectivity index (χ2n) is 5.46. The van der Waals surface area contributed by atoms with E-state index >= 15 is 0 Å². The Morgan fingerprint density at radius 2 is 1.59 bits per heavy atom. The van der Waals surface area contributed by atoms with Crippen LogP contribution in [0.3, 0.4) is 0 Å². The van der Waals surface area contributed by atoms with E-state index in [0.717, 1.165) is 0 Å². The second kappa shape index (κ2) is 12.8. The predicted molar refractivity (Wildman–Crippen MR) is 103 cm³/mol. The lowest BCUT2D eigenvalue weighted by molar-refractivity contribution is -0.139. The van der Waals surface area contributed by atoms with Gasteiger partial charge in [0.25, 0.3) is 0 Å². The van der Waals surface area contributed by atoms with Gasteiger partial charge in [-0.25, -0.2) is 4.79 Å². The van der Waals surface area contributed by atoms with Gasteiger partial charge in [0.2, 0.25) is 0 Å². The zero-order chi connectivity index (χ0) is 18.6. The Balaban J connectivity index is 0.00000364. The van der Waals surface area contributed by atoms with Gasteiger partial charge in [-0.15, -0.1) is 12.4 Å². The first kappa shape index (κ1) is 22.6. The van der Waals surface area contributed by atoms with E-state index in [9.17, 15) is 9.90 Å². The molecule has 0 aliphatic heterocycles. The van der Waals surface area contributed by atoms with Crippen molar-refractivity contribution < 1.29 is 29.2 Å². The molecule has 1 atom stereocenters. The summed E-state index contributed by atoms with van der Waals surface area (Å²) in [5, 5.41) is 21.6. The third-order valence-corrected chi connectivity index (χ3v) is 3.30. The van der Waals surface area contributed by atoms with Gasteiger partial charge in [0.15, 0.2) is 18.1 Å². The number of carboxylic acid groups (broad SMARTS) is 1. The Morgan fingerprint density at radius 1 is 0.963 bits per heavy atom. The van der Waals surface area contributed by atoms with Crippen LogP contribution in [0.25, 0.3) is 0 Å². The third kappa shape index (κ3) is 9.14. The van der Waals surface area contributed by atoms with Gasteiger partial charge in [0.1, 0.15) is 25.1 Å². The van der Waals surface area contributed by atoms with E-state index in [1.165, 1.54) is 0 Å². The Kier molecular flexibility index (Phi) is 10.7. The monoisotopic (exact) mass is 397 g/mol. The highest BCUT2D eigenvalue weighted by Gasteiger charge is 2.07. The second-order valence-corrected chi connectivity index (χ2v) is 5.46. The Hall–Kier alpha value is -2.48. The smallest absolute Gasteiger partial charge is 0.341 e. The molecule has 0 aliphatic carbocycles. The first-order chi connectivity index (χ1) is 12.6. The lowest BCUT2D eigenvalue weighted by Gasteiger charge is -2.14. The average molecular weight is 398 g/mol. The molecule has 2 aromatic rings. The number of para-hydroxylation sites is 3. The van der Waals surface area contributed by atoms with Crippen LogP contribution in [0.15, 0.2) is 54.6 Å². The fraction of sp³-hybridized carbons (Fsp3) is 0.316. The molecule has 27 heavy (non-hydrogen) atoms. The highest BCUT2D eigenvalue weighted by molar-refractivity contribution is 5.85. The summed E-state index contributed by atoms with van der Waals surface area (Å²) in [6.45, 7) is 0.999. The van der Waals surface area contributed by atoms with E-state index in [4.69, 9.17) is 19.3 Å². The number of aliphatic hydroxyl groups excluding tert-OH is 1. The van der Waals surface area contributed by atoms with Crippen LogP contribution in [0.1, 0.15) is 0 Å². The number of benzene rings is 2. The van der Waals surface area contributed by atoms with Gasteiger partial charge in [-0.1, -0.05) is 30.3 Å². The van der Waals surface area contributed by atoms with Crippen molar-refractivity contribution in [2.24, 2.45) is 0 Å². The molecule has 7 nitrogen and oxygen atoms in total. The summed E-state index contributed by atoms with van der Waals surface area (Å²) in [4.78, 5) is 10.6. The zero-order valence-corrected chi connectivity index (χ0v) is 15.6. The first-order valence-corrected chi connectivity index (χ1v) is 8.28. The van der Waals surface area contributed by atoms with Crippen molar-refractivity contribution in [3.8, 4) is 17.2 Å². The maximum absolute atomic E-state index is 10.6. The van der Waals surface area contributed by atoms with Crippen LogP contribution in [0.2, 0.25) is 0 Å². The summed E-state index contributed by atoms with van der Waals surface area (Å²) in [5.41, 5.74) is 0. The van der Waals surface area contributed by atoms with Crippen LogP contribution >= 0.6 is 12.4 Å². The molecule has 0 fully saturated rings. The fourth-order valence-electron chi connectivity index (χ4n) is 2.10.